The maximum absolute atomic E-state index is 11.5. The van der Waals surface area contributed by atoms with E-state index in [2.05, 4.69) is 17.6 Å². The molecule has 0 bridgehead atoms. The van der Waals surface area contributed by atoms with Gasteiger partial charge in [-0.25, -0.2) is 8.42 Å². The lowest BCUT2D eigenvalue weighted by Gasteiger charge is -2.32. The van der Waals surface area contributed by atoms with Gasteiger partial charge in [0.1, 0.15) is 0 Å². The SMILES string of the molecule is CC1CC(CNC2(C)CCS(=O)(=O)C2)CCN1. The summed E-state index contributed by atoms with van der Waals surface area (Å²) < 4.78 is 23.0. The summed E-state index contributed by atoms with van der Waals surface area (Å²) in [5.41, 5.74) is -0.188. The first-order valence-electron chi connectivity index (χ1n) is 6.57. The van der Waals surface area contributed by atoms with E-state index in [-0.39, 0.29) is 5.54 Å². The van der Waals surface area contributed by atoms with Crippen LogP contribution in [0.25, 0.3) is 0 Å². The van der Waals surface area contributed by atoms with E-state index >= 15 is 0 Å². The summed E-state index contributed by atoms with van der Waals surface area (Å²) in [4.78, 5) is 0. The molecule has 2 aliphatic heterocycles. The van der Waals surface area contributed by atoms with E-state index in [0.717, 1.165) is 19.5 Å². The van der Waals surface area contributed by atoms with E-state index in [9.17, 15) is 8.42 Å². The van der Waals surface area contributed by atoms with E-state index in [0.29, 0.717) is 23.5 Å². The van der Waals surface area contributed by atoms with Crippen molar-refractivity contribution in [3.8, 4) is 0 Å². The molecular formula is C12H24N2O2S. The van der Waals surface area contributed by atoms with Gasteiger partial charge in [-0.05, 0) is 52.1 Å². The predicted octanol–water partition coefficient (Wildman–Crippen LogP) is 0.541. The molecule has 2 fully saturated rings. The number of hydrogen-bond acceptors (Lipinski definition) is 4. The molecule has 100 valence electrons. The third-order valence-electron chi connectivity index (χ3n) is 4.05. The first kappa shape index (κ1) is 13.3. The van der Waals surface area contributed by atoms with Crippen LogP contribution in [-0.4, -0.2) is 44.6 Å². The van der Waals surface area contributed by atoms with E-state index in [4.69, 9.17) is 0 Å². The van der Waals surface area contributed by atoms with Gasteiger partial charge in [0, 0.05) is 11.6 Å². The fraction of sp³-hybridized carbons (Fsp3) is 1.00. The Labute approximate surface area is 104 Å². The van der Waals surface area contributed by atoms with Crippen LogP contribution in [-0.2, 0) is 9.84 Å². The molecule has 0 saturated carbocycles. The molecule has 2 heterocycles. The number of nitrogens with one attached hydrogen (secondary N) is 2. The highest BCUT2D eigenvalue weighted by Crippen LogP contribution is 2.24. The van der Waals surface area contributed by atoms with Gasteiger partial charge >= 0.3 is 0 Å². The van der Waals surface area contributed by atoms with E-state index in [1.54, 1.807) is 0 Å². The smallest absolute Gasteiger partial charge is 0.152 e. The van der Waals surface area contributed by atoms with Gasteiger partial charge in [-0.3, -0.25) is 0 Å². The lowest BCUT2D eigenvalue weighted by molar-refractivity contribution is 0.274. The third kappa shape index (κ3) is 3.66. The second kappa shape index (κ2) is 4.86. The monoisotopic (exact) mass is 260 g/mol. The topological polar surface area (TPSA) is 58.2 Å². The minimum Gasteiger partial charge on any atom is -0.314 e. The molecule has 2 N–H and O–H groups in total. The molecule has 0 spiro atoms. The van der Waals surface area contributed by atoms with Gasteiger partial charge in [-0.1, -0.05) is 0 Å². The molecule has 5 heteroatoms. The second-order valence-corrected chi connectivity index (χ2v) is 8.21. The molecule has 2 rings (SSSR count). The summed E-state index contributed by atoms with van der Waals surface area (Å²) in [7, 11) is -2.79. The average molecular weight is 260 g/mol. The van der Waals surface area contributed by atoms with Crippen molar-refractivity contribution in [1.82, 2.24) is 10.6 Å². The maximum atomic E-state index is 11.5. The van der Waals surface area contributed by atoms with Crippen LogP contribution < -0.4 is 10.6 Å². The Morgan fingerprint density at radius 1 is 1.47 bits per heavy atom. The summed E-state index contributed by atoms with van der Waals surface area (Å²) in [6.07, 6.45) is 3.14. The highest BCUT2D eigenvalue weighted by Gasteiger charge is 2.38. The van der Waals surface area contributed by atoms with Crippen LogP contribution in [0.2, 0.25) is 0 Å². The average Bonchev–Trinajstić information content (AvgIpc) is 2.51. The first-order valence-corrected chi connectivity index (χ1v) is 8.40. The van der Waals surface area contributed by atoms with Crippen molar-refractivity contribution in [2.45, 2.75) is 44.7 Å². The Balaban J connectivity index is 1.82. The van der Waals surface area contributed by atoms with Gasteiger partial charge in [-0.15, -0.1) is 0 Å². The fourth-order valence-corrected chi connectivity index (χ4v) is 5.08. The van der Waals surface area contributed by atoms with E-state index < -0.39 is 9.84 Å². The highest BCUT2D eigenvalue weighted by molar-refractivity contribution is 7.91. The third-order valence-corrected chi connectivity index (χ3v) is 5.96. The number of sulfone groups is 1. The van der Waals surface area contributed by atoms with Gasteiger partial charge in [-0.2, -0.15) is 0 Å². The summed E-state index contributed by atoms with van der Waals surface area (Å²) in [6.45, 7) is 6.30. The van der Waals surface area contributed by atoms with Crippen molar-refractivity contribution >= 4 is 9.84 Å². The lowest BCUT2D eigenvalue weighted by Crippen LogP contribution is -2.48. The van der Waals surface area contributed by atoms with Crippen LogP contribution in [0.1, 0.15) is 33.1 Å². The quantitative estimate of drug-likeness (QED) is 0.778. The Bertz CT molecular complexity index is 369. The standard InChI is InChI=1S/C12H24N2O2S/c1-10-7-11(3-5-13-10)8-14-12(2)4-6-17(15,16)9-12/h10-11,13-14H,3-9H2,1-2H3. The van der Waals surface area contributed by atoms with Crippen LogP contribution in [0.5, 0.6) is 0 Å². The van der Waals surface area contributed by atoms with Crippen molar-refractivity contribution in [1.29, 1.82) is 0 Å². The minimum atomic E-state index is -2.79. The zero-order valence-electron chi connectivity index (χ0n) is 10.8. The summed E-state index contributed by atoms with van der Waals surface area (Å²) >= 11 is 0. The van der Waals surface area contributed by atoms with Crippen LogP contribution in [0.3, 0.4) is 0 Å². The van der Waals surface area contributed by atoms with Crippen molar-refractivity contribution in [3.63, 3.8) is 0 Å². The highest BCUT2D eigenvalue weighted by atomic mass is 32.2. The molecule has 0 radical (unpaired) electrons. The molecule has 4 nitrogen and oxygen atoms in total. The van der Waals surface area contributed by atoms with E-state index in [1.165, 1.54) is 12.8 Å². The van der Waals surface area contributed by atoms with Crippen LogP contribution in [0.15, 0.2) is 0 Å². The molecule has 17 heavy (non-hydrogen) atoms. The number of piperidine rings is 1. The number of hydrogen-bond donors (Lipinski definition) is 2. The van der Waals surface area contributed by atoms with Gasteiger partial charge in [0.2, 0.25) is 0 Å². The Hall–Kier alpha value is -0.130. The van der Waals surface area contributed by atoms with Crippen molar-refractivity contribution in [3.05, 3.63) is 0 Å². The molecule has 0 aromatic heterocycles. The van der Waals surface area contributed by atoms with E-state index in [1.807, 2.05) is 6.92 Å². The zero-order valence-corrected chi connectivity index (χ0v) is 11.6. The first-order chi connectivity index (χ1) is 7.89. The van der Waals surface area contributed by atoms with Gasteiger partial charge in [0.05, 0.1) is 11.5 Å². The van der Waals surface area contributed by atoms with Gasteiger partial charge in [0.25, 0.3) is 0 Å². The van der Waals surface area contributed by atoms with Crippen LogP contribution in [0, 0.1) is 5.92 Å². The Morgan fingerprint density at radius 3 is 2.82 bits per heavy atom. The Kier molecular flexibility index (Phi) is 3.80. The van der Waals surface area contributed by atoms with Crippen LogP contribution in [0.4, 0.5) is 0 Å². The molecule has 0 aliphatic carbocycles. The molecular weight excluding hydrogens is 236 g/mol. The zero-order chi connectivity index (χ0) is 12.5. The molecule has 2 aliphatic rings. The van der Waals surface area contributed by atoms with Gasteiger partial charge in [0.15, 0.2) is 9.84 Å². The summed E-state index contributed by atoms with van der Waals surface area (Å²) in [6, 6.07) is 0.593. The Morgan fingerprint density at radius 2 is 2.24 bits per heavy atom. The van der Waals surface area contributed by atoms with Crippen LogP contribution >= 0.6 is 0 Å². The predicted molar refractivity (Wildman–Crippen MR) is 69.9 cm³/mol. The molecule has 0 aromatic rings. The fourth-order valence-electron chi connectivity index (χ4n) is 2.96. The lowest BCUT2D eigenvalue weighted by atomic mass is 9.92. The molecule has 3 atom stereocenters. The molecule has 0 aromatic carbocycles. The van der Waals surface area contributed by atoms with Gasteiger partial charge < -0.3 is 10.6 Å². The minimum absolute atomic E-state index is 0.188. The summed E-state index contributed by atoms with van der Waals surface area (Å²) in [5, 5.41) is 6.94. The van der Waals surface area contributed by atoms with Crippen molar-refractivity contribution in [2.75, 3.05) is 24.6 Å². The number of rotatable bonds is 3. The molecule has 2 saturated heterocycles. The maximum Gasteiger partial charge on any atom is 0.152 e. The largest absolute Gasteiger partial charge is 0.314 e. The van der Waals surface area contributed by atoms with Crippen molar-refractivity contribution < 1.29 is 8.42 Å². The summed E-state index contributed by atoms with van der Waals surface area (Å²) in [5.74, 6) is 1.34. The molecule has 0 amide bonds. The second-order valence-electron chi connectivity index (χ2n) is 6.03. The normalized spacial score (nSPS) is 41.5. The van der Waals surface area contributed by atoms with Crippen molar-refractivity contribution in [2.24, 2.45) is 5.92 Å². The molecule has 3 unspecified atom stereocenters.